The van der Waals surface area contributed by atoms with Crippen LogP contribution in [-0.4, -0.2) is 21.8 Å². The Labute approximate surface area is 132 Å². The van der Waals surface area contributed by atoms with Crippen molar-refractivity contribution in [3.8, 4) is 12.3 Å². The molecule has 0 spiro atoms. The standard InChI is InChI=1S/C19H24O3/c1-4-19(22)10-8-16-15-6-5-13(11-17(20)21)12(2)14(15)7-9-18(16,19)3/h1,11,15-16,22H,5-10H2,2-3H3,(H,20,21)/b13-11-/t15-,16+,18+,19+/m1/s1. The van der Waals surface area contributed by atoms with E-state index in [4.69, 9.17) is 11.5 Å². The Morgan fingerprint density at radius 1 is 1.36 bits per heavy atom. The SMILES string of the molecule is C#C[C@]1(O)CC[C@H]2[C@@H]3CC/C(=C/C(=O)O)C(C)=C3CC[C@@]21C. The van der Waals surface area contributed by atoms with Gasteiger partial charge in [0.25, 0.3) is 0 Å². The number of terminal acetylenes is 1. The minimum Gasteiger partial charge on any atom is -0.478 e. The molecule has 2 N–H and O–H groups in total. The molecule has 4 atom stereocenters. The zero-order chi connectivity index (χ0) is 16.1. The number of fused-ring (bicyclic) bond motifs is 3. The molecule has 0 unspecified atom stereocenters. The monoisotopic (exact) mass is 300 g/mol. The van der Waals surface area contributed by atoms with Gasteiger partial charge in [0.05, 0.1) is 0 Å². The van der Waals surface area contributed by atoms with Crippen molar-refractivity contribution in [1.82, 2.24) is 0 Å². The third-order valence-electron chi connectivity index (χ3n) is 6.65. The van der Waals surface area contributed by atoms with E-state index in [-0.39, 0.29) is 5.41 Å². The summed E-state index contributed by atoms with van der Waals surface area (Å²) in [6, 6.07) is 0. The summed E-state index contributed by atoms with van der Waals surface area (Å²) >= 11 is 0. The summed E-state index contributed by atoms with van der Waals surface area (Å²) in [4.78, 5) is 11.0. The van der Waals surface area contributed by atoms with Crippen LogP contribution in [0.15, 0.2) is 22.8 Å². The number of hydrogen-bond acceptors (Lipinski definition) is 2. The molecule has 0 amide bonds. The van der Waals surface area contributed by atoms with Crippen molar-refractivity contribution >= 4 is 5.97 Å². The van der Waals surface area contributed by atoms with Crippen LogP contribution in [0.4, 0.5) is 0 Å². The van der Waals surface area contributed by atoms with Gasteiger partial charge < -0.3 is 10.2 Å². The molecule has 0 aromatic heterocycles. The van der Waals surface area contributed by atoms with E-state index in [0.29, 0.717) is 18.3 Å². The van der Waals surface area contributed by atoms with Gasteiger partial charge in [-0.05, 0) is 68.4 Å². The van der Waals surface area contributed by atoms with Gasteiger partial charge in [-0.25, -0.2) is 4.79 Å². The average Bonchev–Trinajstić information content (AvgIpc) is 2.74. The predicted molar refractivity (Wildman–Crippen MR) is 85.0 cm³/mol. The van der Waals surface area contributed by atoms with Crippen molar-refractivity contribution in [2.75, 3.05) is 0 Å². The Balaban J connectivity index is 1.99. The lowest BCUT2D eigenvalue weighted by molar-refractivity contribution is -0.131. The van der Waals surface area contributed by atoms with Gasteiger partial charge in [0, 0.05) is 11.5 Å². The number of rotatable bonds is 1. The van der Waals surface area contributed by atoms with Crippen LogP contribution in [0.25, 0.3) is 0 Å². The molecule has 0 saturated heterocycles. The Hall–Kier alpha value is -1.53. The lowest BCUT2D eigenvalue weighted by Gasteiger charge is -2.50. The summed E-state index contributed by atoms with van der Waals surface area (Å²) < 4.78 is 0. The third kappa shape index (κ3) is 1.97. The molecule has 0 aliphatic heterocycles. The van der Waals surface area contributed by atoms with Crippen LogP contribution in [-0.2, 0) is 4.79 Å². The first kappa shape index (κ1) is 15.4. The van der Waals surface area contributed by atoms with Gasteiger partial charge in [-0.15, -0.1) is 6.42 Å². The van der Waals surface area contributed by atoms with E-state index < -0.39 is 11.6 Å². The first-order chi connectivity index (χ1) is 10.3. The highest BCUT2D eigenvalue weighted by Gasteiger charge is 2.60. The van der Waals surface area contributed by atoms with E-state index in [2.05, 4.69) is 19.8 Å². The fraction of sp³-hybridized carbons (Fsp3) is 0.632. The van der Waals surface area contributed by atoms with Gasteiger partial charge in [0.1, 0.15) is 5.60 Å². The highest BCUT2D eigenvalue weighted by atomic mass is 16.4. The smallest absolute Gasteiger partial charge is 0.328 e. The van der Waals surface area contributed by atoms with E-state index in [1.807, 2.05) is 0 Å². The van der Waals surface area contributed by atoms with Gasteiger partial charge in [-0.2, -0.15) is 0 Å². The van der Waals surface area contributed by atoms with Crippen molar-refractivity contribution in [3.63, 3.8) is 0 Å². The molecule has 2 fully saturated rings. The maximum atomic E-state index is 11.0. The maximum absolute atomic E-state index is 11.0. The fourth-order valence-corrected chi connectivity index (χ4v) is 5.25. The molecule has 0 heterocycles. The summed E-state index contributed by atoms with van der Waals surface area (Å²) in [5, 5.41) is 19.9. The second kappa shape index (κ2) is 4.99. The highest BCUT2D eigenvalue weighted by molar-refractivity contribution is 5.81. The van der Waals surface area contributed by atoms with E-state index in [9.17, 15) is 9.90 Å². The maximum Gasteiger partial charge on any atom is 0.328 e. The van der Waals surface area contributed by atoms with Crippen LogP contribution in [0.2, 0.25) is 0 Å². The summed E-state index contributed by atoms with van der Waals surface area (Å²) in [7, 11) is 0. The van der Waals surface area contributed by atoms with E-state index in [0.717, 1.165) is 43.3 Å². The quantitative estimate of drug-likeness (QED) is 0.577. The lowest BCUT2D eigenvalue weighted by Crippen LogP contribution is -2.48. The van der Waals surface area contributed by atoms with Crippen LogP contribution < -0.4 is 0 Å². The summed E-state index contributed by atoms with van der Waals surface area (Å²) in [6.07, 6.45) is 12.3. The van der Waals surface area contributed by atoms with E-state index in [1.54, 1.807) is 0 Å². The average molecular weight is 300 g/mol. The zero-order valence-corrected chi connectivity index (χ0v) is 13.4. The number of carbonyl (C=O) groups is 1. The summed E-state index contributed by atoms with van der Waals surface area (Å²) in [6.45, 7) is 4.21. The molecule has 3 rings (SSSR count). The Morgan fingerprint density at radius 2 is 2.09 bits per heavy atom. The molecular weight excluding hydrogens is 276 g/mol. The van der Waals surface area contributed by atoms with Crippen LogP contribution >= 0.6 is 0 Å². The van der Waals surface area contributed by atoms with E-state index in [1.165, 1.54) is 11.6 Å². The number of allylic oxidation sites excluding steroid dienone is 3. The summed E-state index contributed by atoms with van der Waals surface area (Å²) in [5.41, 5.74) is 2.35. The van der Waals surface area contributed by atoms with E-state index >= 15 is 0 Å². The van der Waals surface area contributed by atoms with Crippen molar-refractivity contribution in [2.45, 2.75) is 58.0 Å². The zero-order valence-electron chi connectivity index (χ0n) is 13.4. The van der Waals surface area contributed by atoms with Gasteiger partial charge in [0.15, 0.2) is 0 Å². The second-order valence-corrected chi connectivity index (χ2v) is 7.37. The van der Waals surface area contributed by atoms with Gasteiger partial charge in [-0.1, -0.05) is 18.4 Å². The molecule has 22 heavy (non-hydrogen) atoms. The molecular formula is C19H24O3. The normalized spacial score (nSPS) is 42.7. The molecule has 2 saturated carbocycles. The lowest BCUT2D eigenvalue weighted by atomic mass is 9.55. The minimum absolute atomic E-state index is 0.204. The van der Waals surface area contributed by atoms with Crippen molar-refractivity contribution in [3.05, 3.63) is 22.8 Å². The second-order valence-electron chi connectivity index (χ2n) is 7.37. The molecule has 0 aromatic rings. The third-order valence-corrected chi connectivity index (χ3v) is 6.65. The number of carboxylic acid groups (broad SMARTS) is 1. The molecule has 0 radical (unpaired) electrons. The number of carboxylic acids is 1. The largest absolute Gasteiger partial charge is 0.478 e. The van der Waals surface area contributed by atoms with Crippen molar-refractivity contribution in [1.29, 1.82) is 0 Å². The number of hydrogen-bond donors (Lipinski definition) is 2. The summed E-state index contributed by atoms with van der Waals surface area (Å²) in [5.74, 6) is 2.67. The Bertz CT molecular complexity index is 621. The molecule has 3 nitrogen and oxygen atoms in total. The fourth-order valence-electron chi connectivity index (χ4n) is 5.25. The molecule has 3 aliphatic carbocycles. The van der Waals surface area contributed by atoms with Crippen molar-refractivity contribution in [2.24, 2.45) is 17.3 Å². The van der Waals surface area contributed by atoms with Gasteiger partial charge in [0.2, 0.25) is 0 Å². The molecule has 0 aromatic carbocycles. The molecule has 3 aliphatic rings. The van der Waals surface area contributed by atoms with Gasteiger partial charge >= 0.3 is 5.97 Å². The predicted octanol–water partition coefficient (Wildman–Crippen LogP) is 3.30. The topological polar surface area (TPSA) is 57.5 Å². The first-order valence-corrected chi connectivity index (χ1v) is 8.16. The molecule has 3 heteroatoms. The molecule has 0 bridgehead atoms. The Kier molecular flexibility index (Phi) is 3.49. The van der Waals surface area contributed by atoms with Crippen molar-refractivity contribution < 1.29 is 15.0 Å². The van der Waals surface area contributed by atoms with Gasteiger partial charge in [-0.3, -0.25) is 0 Å². The first-order valence-electron chi connectivity index (χ1n) is 8.16. The van der Waals surface area contributed by atoms with Crippen LogP contribution in [0.3, 0.4) is 0 Å². The minimum atomic E-state index is -0.978. The highest BCUT2D eigenvalue weighted by Crippen LogP contribution is 2.62. The number of aliphatic carboxylic acids is 1. The Morgan fingerprint density at radius 3 is 2.73 bits per heavy atom. The molecule has 118 valence electrons. The van der Waals surface area contributed by atoms with Crippen LogP contribution in [0, 0.1) is 29.6 Å². The van der Waals surface area contributed by atoms with Crippen LogP contribution in [0.5, 0.6) is 0 Å². The number of aliphatic hydroxyl groups is 1. The van der Waals surface area contributed by atoms with Crippen LogP contribution in [0.1, 0.15) is 52.4 Å².